The minimum Gasteiger partial charge on any atom is -0.478 e. The lowest BCUT2D eigenvalue weighted by atomic mass is 10.1. The minimum absolute atomic E-state index is 0.0545. The van der Waals surface area contributed by atoms with Crippen molar-refractivity contribution in [1.29, 1.82) is 0 Å². The zero-order chi connectivity index (χ0) is 15.4. The van der Waals surface area contributed by atoms with Crippen molar-refractivity contribution in [2.24, 2.45) is 0 Å². The zero-order valence-electron chi connectivity index (χ0n) is 10.5. The molecule has 0 aliphatic heterocycles. The molecule has 0 saturated heterocycles. The predicted molar refractivity (Wildman–Crippen MR) is 77.2 cm³/mol. The number of carboxylic acid groups (broad SMARTS) is 1. The third-order valence-corrected chi connectivity index (χ3v) is 3.81. The molecule has 0 amide bonds. The molecule has 0 spiro atoms. The first kappa shape index (κ1) is 15.5. The van der Waals surface area contributed by atoms with Crippen LogP contribution in [-0.2, 0) is 11.2 Å². The molecule has 0 aliphatic rings. The van der Waals surface area contributed by atoms with Crippen LogP contribution in [0.5, 0.6) is 0 Å². The highest BCUT2D eigenvalue weighted by Crippen LogP contribution is 2.25. The highest BCUT2D eigenvalue weighted by atomic mass is 35.5. The highest BCUT2D eigenvalue weighted by molar-refractivity contribution is 8.13. The second-order valence-corrected chi connectivity index (χ2v) is 5.50. The van der Waals surface area contributed by atoms with Crippen molar-refractivity contribution in [3.8, 4) is 0 Å². The van der Waals surface area contributed by atoms with Gasteiger partial charge in [0, 0.05) is 17.6 Å². The van der Waals surface area contributed by atoms with E-state index in [1.54, 1.807) is 0 Å². The number of nitrogens with zero attached hydrogens (tertiary/aromatic N) is 1. The van der Waals surface area contributed by atoms with Gasteiger partial charge in [-0.15, -0.1) is 0 Å². The first-order valence-corrected chi connectivity index (χ1v) is 6.99. The Bertz CT molecular complexity index is 708. The van der Waals surface area contributed by atoms with Crippen LogP contribution >= 0.6 is 23.4 Å². The Morgan fingerprint density at radius 3 is 2.81 bits per heavy atom. The van der Waals surface area contributed by atoms with E-state index in [2.05, 4.69) is 4.98 Å². The maximum absolute atomic E-state index is 13.1. The molecule has 2 rings (SSSR count). The van der Waals surface area contributed by atoms with Gasteiger partial charge < -0.3 is 5.11 Å². The van der Waals surface area contributed by atoms with Crippen molar-refractivity contribution in [2.45, 2.75) is 11.4 Å². The molecule has 1 heterocycles. The molecule has 108 valence electrons. The lowest BCUT2D eigenvalue weighted by molar-refractivity contribution is -0.110. The summed E-state index contributed by atoms with van der Waals surface area (Å²) in [6, 6.07) is 6.58. The fourth-order valence-electron chi connectivity index (χ4n) is 1.61. The molecule has 0 fully saturated rings. The van der Waals surface area contributed by atoms with E-state index in [1.165, 1.54) is 36.5 Å². The molecule has 4 nitrogen and oxygen atoms in total. The average Bonchev–Trinajstić information content (AvgIpc) is 2.43. The maximum Gasteiger partial charge on any atom is 0.338 e. The second-order valence-electron chi connectivity index (χ2n) is 4.05. The first-order valence-electron chi connectivity index (χ1n) is 5.80. The van der Waals surface area contributed by atoms with Gasteiger partial charge in [-0.1, -0.05) is 11.6 Å². The molecule has 1 N–H and O–H groups in total. The quantitative estimate of drug-likeness (QED) is 0.872. The lowest BCUT2D eigenvalue weighted by Crippen LogP contribution is -2.04. The fourth-order valence-corrected chi connectivity index (χ4v) is 2.62. The monoisotopic (exact) mass is 325 g/mol. The molecule has 0 aliphatic carbocycles. The van der Waals surface area contributed by atoms with Gasteiger partial charge in [-0.3, -0.25) is 4.79 Å². The number of hydrogen-bond donors (Lipinski definition) is 1. The Morgan fingerprint density at radius 1 is 1.33 bits per heavy atom. The largest absolute Gasteiger partial charge is 0.478 e. The Morgan fingerprint density at radius 2 is 2.10 bits per heavy atom. The van der Waals surface area contributed by atoms with E-state index >= 15 is 0 Å². The minimum atomic E-state index is -1.16. The van der Waals surface area contributed by atoms with Crippen molar-refractivity contribution in [3.05, 3.63) is 58.5 Å². The van der Waals surface area contributed by atoms with Crippen LogP contribution in [0, 0.1) is 5.82 Å². The molecule has 7 heteroatoms. The van der Waals surface area contributed by atoms with Crippen LogP contribution in [0.1, 0.15) is 15.9 Å². The second kappa shape index (κ2) is 6.69. The van der Waals surface area contributed by atoms with Gasteiger partial charge in [0.25, 0.3) is 0 Å². The van der Waals surface area contributed by atoms with Crippen molar-refractivity contribution in [3.63, 3.8) is 0 Å². The fraction of sp³-hybridized carbons (Fsp3) is 0.0714. The normalized spacial score (nSPS) is 10.4. The highest BCUT2D eigenvalue weighted by Gasteiger charge is 2.16. The van der Waals surface area contributed by atoms with E-state index in [4.69, 9.17) is 16.7 Å². The first-order chi connectivity index (χ1) is 9.97. The number of carboxylic acids is 1. The van der Waals surface area contributed by atoms with Crippen LogP contribution in [0.3, 0.4) is 0 Å². The number of thioether (sulfide) groups is 1. The predicted octanol–water partition coefficient (Wildman–Crippen LogP) is 3.43. The number of halogens is 2. The Hall–Kier alpha value is -1.92. The number of carbonyl (C=O) groups excluding carboxylic acids is 1. The number of aromatic nitrogens is 1. The Kier molecular flexibility index (Phi) is 4.93. The summed E-state index contributed by atoms with van der Waals surface area (Å²) in [7, 11) is 0. The van der Waals surface area contributed by atoms with Crippen molar-refractivity contribution in [1.82, 2.24) is 4.98 Å². The summed E-state index contributed by atoms with van der Waals surface area (Å²) in [5.74, 6) is -1.65. The van der Waals surface area contributed by atoms with Crippen molar-refractivity contribution in [2.75, 3.05) is 0 Å². The van der Waals surface area contributed by atoms with Crippen molar-refractivity contribution < 1.29 is 19.1 Å². The summed E-state index contributed by atoms with van der Waals surface area (Å²) in [6.07, 6.45) is 1.29. The van der Waals surface area contributed by atoms with Crippen molar-refractivity contribution >= 4 is 34.4 Å². The standard InChI is InChI=1S/C14H9ClFNO3S/c15-11-4-3-9(16)6-8(11)7-12(18)21-13-10(14(19)20)2-1-5-17-13/h1-6H,7H2,(H,19,20). The van der Waals surface area contributed by atoms with E-state index in [0.29, 0.717) is 17.3 Å². The lowest BCUT2D eigenvalue weighted by Gasteiger charge is -2.05. The number of hydrogen-bond acceptors (Lipinski definition) is 4. The molecular weight excluding hydrogens is 317 g/mol. The van der Waals surface area contributed by atoms with Gasteiger partial charge in [0.05, 0.1) is 5.56 Å². The number of benzene rings is 1. The van der Waals surface area contributed by atoms with Crippen LogP contribution in [-0.4, -0.2) is 21.2 Å². The van der Waals surface area contributed by atoms with Crippen LogP contribution in [0.4, 0.5) is 4.39 Å². The van der Waals surface area contributed by atoms with E-state index < -0.39 is 11.8 Å². The molecule has 21 heavy (non-hydrogen) atoms. The van der Waals surface area contributed by atoms with Gasteiger partial charge in [-0.05, 0) is 47.7 Å². The van der Waals surface area contributed by atoms with Gasteiger partial charge >= 0.3 is 5.97 Å². The molecule has 0 bridgehead atoms. The Labute approximate surface area is 129 Å². The third kappa shape index (κ3) is 4.03. The van der Waals surface area contributed by atoms with Gasteiger partial charge in [0.15, 0.2) is 5.12 Å². The van der Waals surface area contributed by atoms with E-state index in [1.807, 2.05) is 0 Å². The number of rotatable bonds is 4. The summed E-state index contributed by atoms with van der Waals surface area (Å²) >= 11 is 6.58. The van der Waals surface area contributed by atoms with Crippen LogP contribution < -0.4 is 0 Å². The van der Waals surface area contributed by atoms with Gasteiger partial charge in [-0.2, -0.15) is 0 Å². The Balaban J connectivity index is 2.16. The van der Waals surface area contributed by atoms with Gasteiger partial charge in [-0.25, -0.2) is 14.2 Å². The molecule has 2 aromatic rings. The number of pyridine rings is 1. The SMILES string of the molecule is O=C(Cc1cc(F)ccc1Cl)Sc1ncccc1C(=O)O. The summed E-state index contributed by atoms with van der Waals surface area (Å²) in [5, 5.41) is 9.02. The maximum atomic E-state index is 13.1. The summed E-state index contributed by atoms with van der Waals surface area (Å²) in [5.41, 5.74) is 0.295. The van der Waals surface area contributed by atoms with Crippen LogP contribution in [0.2, 0.25) is 5.02 Å². The summed E-state index contributed by atoms with van der Waals surface area (Å²) in [6.45, 7) is 0. The third-order valence-electron chi connectivity index (χ3n) is 2.55. The molecule has 1 aromatic heterocycles. The molecule has 1 aromatic carbocycles. The zero-order valence-corrected chi connectivity index (χ0v) is 12.1. The summed E-state index contributed by atoms with van der Waals surface area (Å²) in [4.78, 5) is 26.9. The van der Waals surface area contributed by atoms with Gasteiger partial charge in [0.2, 0.25) is 0 Å². The smallest absolute Gasteiger partial charge is 0.338 e. The van der Waals surface area contributed by atoms with E-state index in [9.17, 15) is 14.0 Å². The van der Waals surface area contributed by atoms with Crippen LogP contribution in [0.25, 0.3) is 0 Å². The summed E-state index contributed by atoms with van der Waals surface area (Å²) < 4.78 is 13.1. The molecule has 0 unspecified atom stereocenters. The molecule has 0 atom stereocenters. The van der Waals surface area contributed by atoms with Crippen LogP contribution in [0.15, 0.2) is 41.6 Å². The number of aromatic carboxylic acids is 1. The topological polar surface area (TPSA) is 67.3 Å². The molecule has 0 radical (unpaired) electrons. The molecular formula is C14H9ClFNO3S. The van der Waals surface area contributed by atoms with Gasteiger partial charge in [0.1, 0.15) is 10.8 Å². The van der Waals surface area contributed by atoms with E-state index in [-0.39, 0.29) is 27.1 Å². The van der Waals surface area contributed by atoms with E-state index in [0.717, 1.165) is 0 Å². The average molecular weight is 326 g/mol. The molecule has 0 saturated carbocycles. The number of carbonyl (C=O) groups is 2.